The molecule has 0 spiro atoms. The quantitative estimate of drug-likeness (QED) is 0.348. The van der Waals surface area contributed by atoms with Gasteiger partial charge in [-0.15, -0.1) is 0 Å². The van der Waals surface area contributed by atoms with Crippen LogP contribution < -0.4 is 11.1 Å². The third kappa shape index (κ3) is 5.48. The zero-order valence-electron chi connectivity index (χ0n) is 21.9. The molecule has 200 valence electrons. The first-order chi connectivity index (χ1) is 19.0. The Balaban J connectivity index is 1.47. The van der Waals surface area contributed by atoms with E-state index in [1.165, 1.54) is 0 Å². The highest BCUT2D eigenvalue weighted by molar-refractivity contribution is 6.03. The lowest BCUT2D eigenvalue weighted by Gasteiger charge is -2.34. The number of fused-ring (bicyclic) bond motifs is 1. The molecule has 1 aliphatic rings. The largest absolute Gasteiger partial charge is 0.382 e. The second-order valence-corrected chi connectivity index (χ2v) is 9.30. The van der Waals surface area contributed by atoms with E-state index in [2.05, 4.69) is 20.3 Å². The van der Waals surface area contributed by atoms with Gasteiger partial charge in [-0.25, -0.2) is 19.9 Å². The summed E-state index contributed by atoms with van der Waals surface area (Å²) in [6.45, 7) is 2.84. The summed E-state index contributed by atoms with van der Waals surface area (Å²) in [5, 5.41) is 2.72. The molecule has 0 bridgehead atoms. The highest BCUT2D eigenvalue weighted by Gasteiger charge is 2.31. The monoisotopic (exact) mass is 526 g/mol. The standard InChI is InChI=1S/C28H30N8O3/c1-18-12-13-31-28(32-18)34-27(38)20-10-8-19(9-11-20)23-24-25(29)30-14-16-36(24)26(33-23)21-6-3-4-15-35(21)22(37)7-5-17-39-2/h5,7-14,16,21H,3-4,6,15,17H2,1-2H3,(H2,29,30)(H,31,32,34,38). The number of methoxy groups -OCH3 is 1. The number of likely N-dealkylation sites (tertiary alicyclic amines) is 1. The van der Waals surface area contributed by atoms with Crippen molar-refractivity contribution in [2.24, 2.45) is 0 Å². The first kappa shape index (κ1) is 26.0. The SMILES string of the molecule is COCC=CC(=O)N1CCCCC1c1nc(-c2ccc(C(=O)Nc3nccc(C)n3)cc2)c2c(N)nccn12. The molecule has 1 aliphatic heterocycles. The van der Waals surface area contributed by atoms with Crippen LogP contribution in [-0.2, 0) is 9.53 Å². The van der Waals surface area contributed by atoms with Crippen LogP contribution in [0.25, 0.3) is 16.8 Å². The van der Waals surface area contributed by atoms with Crippen molar-refractivity contribution in [3.05, 3.63) is 78.2 Å². The molecule has 1 unspecified atom stereocenters. The van der Waals surface area contributed by atoms with Gasteiger partial charge in [-0.1, -0.05) is 18.2 Å². The summed E-state index contributed by atoms with van der Waals surface area (Å²) in [4.78, 5) is 45.3. The lowest BCUT2D eigenvalue weighted by atomic mass is 10.0. The summed E-state index contributed by atoms with van der Waals surface area (Å²) in [6, 6.07) is 8.61. The summed E-state index contributed by atoms with van der Waals surface area (Å²) >= 11 is 0. The first-order valence-corrected chi connectivity index (χ1v) is 12.8. The molecule has 3 aromatic heterocycles. The van der Waals surface area contributed by atoms with Gasteiger partial charge in [0.05, 0.1) is 12.6 Å². The lowest BCUT2D eigenvalue weighted by molar-refractivity contribution is -0.130. The van der Waals surface area contributed by atoms with Crippen molar-refractivity contribution in [1.29, 1.82) is 0 Å². The van der Waals surface area contributed by atoms with Crippen LogP contribution in [-0.4, -0.2) is 61.3 Å². The van der Waals surface area contributed by atoms with E-state index >= 15 is 0 Å². The van der Waals surface area contributed by atoms with Crippen LogP contribution in [0.1, 0.15) is 47.2 Å². The Hall–Kier alpha value is -4.64. The molecule has 1 aromatic carbocycles. The molecule has 1 saturated heterocycles. The Kier molecular flexibility index (Phi) is 7.60. The van der Waals surface area contributed by atoms with Crippen molar-refractivity contribution < 1.29 is 14.3 Å². The number of nitrogen functional groups attached to an aromatic ring is 1. The number of benzene rings is 1. The van der Waals surface area contributed by atoms with Crippen LogP contribution >= 0.6 is 0 Å². The van der Waals surface area contributed by atoms with E-state index in [0.717, 1.165) is 36.3 Å². The molecule has 5 rings (SSSR count). The number of ether oxygens (including phenoxy) is 1. The van der Waals surface area contributed by atoms with Crippen molar-refractivity contribution in [2.45, 2.75) is 32.2 Å². The average molecular weight is 527 g/mol. The Morgan fingerprint density at radius 1 is 1.13 bits per heavy atom. The maximum absolute atomic E-state index is 13.1. The number of rotatable bonds is 7. The van der Waals surface area contributed by atoms with Crippen LogP contribution in [0, 0.1) is 6.92 Å². The van der Waals surface area contributed by atoms with Gasteiger partial charge in [0.2, 0.25) is 11.9 Å². The summed E-state index contributed by atoms with van der Waals surface area (Å²) in [5.41, 5.74) is 9.61. The van der Waals surface area contributed by atoms with Gasteiger partial charge in [-0.2, -0.15) is 0 Å². The number of hydrogen-bond acceptors (Lipinski definition) is 8. The first-order valence-electron chi connectivity index (χ1n) is 12.8. The predicted octanol–water partition coefficient (Wildman–Crippen LogP) is 3.59. The topological polar surface area (TPSA) is 141 Å². The van der Waals surface area contributed by atoms with Crippen LogP contribution in [0.5, 0.6) is 0 Å². The number of nitrogens with two attached hydrogens (primary N) is 1. The number of nitrogens with zero attached hydrogens (tertiary/aromatic N) is 6. The minimum absolute atomic E-state index is 0.0787. The van der Waals surface area contributed by atoms with Crippen LogP contribution in [0.3, 0.4) is 0 Å². The number of aryl methyl sites for hydroxylation is 1. The Labute approximate surface area is 225 Å². The molecule has 11 nitrogen and oxygen atoms in total. The molecule has 1 fully saturated rings. The zero-order valence-corrected chi connectivity index (χ0v) is 21.9. The van der Waals surface area contributed by atoms with E-state index in [9.17, 15) is 9.59 Å². The predicted molar refractivity (Wildman–Crippen MR) is 147 cm³/mol. The van der Waals surface area contributed by atoms with Crippen molar-refractivity contribution in [2.75, 3.05) is 31.3 Å². The number of aromatic nitrogens is 5. The molecular formula is C28H30N8O3. The number of nitrogens with one attached hydrogen (secondary N) is 1. The minimum Gasteiger partial charge on any atom is -0.382 e. The molecule has 39 heavy (non-hydrogen) atoms. The van der Waals surface area contributed by atoms with Gasteiger partial charge in [0.25, 0.3) is 5.91 Å². The van der Waals surface area contributed by atoms with Gasteiger partial charge in [0, 0.05) is 55.1 Å². The van der Waals surface area contributed by atoms with Gasteiger partial charge in [-0.3, -0.25) is 19.3 Å². The van der Waals surface area contributed by atoms with Crippen LogP contribution in [0.15, 0.2) is 61.1 Å². The van der Waals surface area contributed by atoms with E-state index in [-0.39, 0.29) is 23.8 Å². The van der Waals surface area contributed by atoms with E-state index < -0.39 is 0 Å². The Morgan fingerprint density at radius 3 is 2.72 bits per heavy atom. The summed E-state index contributed by atoms with van der Waals surface area (Å²) in [6.07, 6.45) is 11.0. The second-order valence-electron chi connectivity index (χ2n) is 9.30. The Morgan fingerprint density at radius 2 is 1.95 bits per heavy atom. The average Bonchev–Trinajstić information content (AvgIpc) is 3.34. The third-order valence-electron chi connectivity index (χ3n) is 6.66. The van der Waals surface area contributed by atoms with Gasteiger partial charge in [0.15, 0.2) is 0 Å². The van der Waals surface area contributed by atoms with Crippen LogP contribution in [0.2, 0.25) is 0 Å². The summed E-state index contributed by atoms with van der Waals surface area (Å²) in [7, 11) is 1.59. The second kappa shape index (κ2) is 11.4. The van der Waals surface area contributed by atoms with E-state index in [0.29, 0.717) is 35.7 Å². The third-order valence-corrected chi connectivity index (χ3v) is 6.66. The fourth-order valence-corrected chi connectivity index (χ4v) is 4.79. The van der Waals surface area contributed by atoms with Gasteiger partial charge < -0.3 is 15.4 Å². The maximum atomic E-state index is 13.1. The molecule has 4 aromatic rings. The minimum atomic E-state index is -0.318. The van der Waals surface area contributed by atoms with Gasteiger partial charge in [-0.05, 0) is 44.4 Å². The number of hydrogen-bond donors (Lipinski definition) is 2. The number of amides is 2. The molecule has 0 radical (unpaired) electrons. The molecule has 3 N–H and O–H groups in total. The molecule has 11 heteroatoms. The summed E-state index contributed by atoms with van der Waals surface area (Å²) in [5.74, 6) is 0.905. The van der Waals surface area contributed by atoms with Crippen molar-refractivity contribution in [3.63, 3.8) is 0 Å². The fourth-order valence-electron chi connectivity index (χ4n) is 4.79. The number of piperidine rings is 1. The Bertz CT molecular complexity index is 1530. The molecule has 0 aliphatic carbocycles. The number of carbonyl (C=O) groups is 2. The smallest absolute Gasteiger partial charge is 0.258 e. The maximum Gasteiger partial charge on any atom is 0.258 e. The molecule has 4 heterocycles. The highest BCUT2D eigenvalue weighted by Crippen LogP contribution is 2.36. The van der Waals surface area contributed by atoms with Gasteiger partial charge >= 0.3 is 0 Å². The highest BCUT2D eigenvalue weighted by atomic mass is 16.5. The molecule has 2 amide bonds. The molecular weight excluding hydrogens is 496 g/mol. The molecule has 0 saturated carbocycles. The van der Waals surface area contributed by atoms with Crippen LogP contribution in [0.4, 0.5) is 11.8 Å². The molecule has 1 atom stereocenters. The van der Waals surface area contributed by atoms with Crippen molar-refractivity contribution in [3.8, 4) is 11.3 Å². The zero-order chi connectivity index (χ0) is 27.4. The van der Waals surface area contributed by atoms with Gasteiger partial charge in [0.1, 0.15) is 22.9 Å². The summed E-state index contributed by atoms with van der Waals surface area (Å²) < 4.78 is 6.96. The van der Waals surface area contributed by atoms with E-state index in [1.807, 2.05) is 34.6 Å². The fraction of sp³-hybridized carbons (Fsp3) is 0.286. The van der Waals surface area contributed by atoms with E-state index in [1.54, 1.807) is 49.9 Å². The normalized spacial score (nSPS) is 15.6. The number of imidazole rings is 1. The van der Waals surface area contributed by atoms with Crippen molar-refractivity contribution in [1.82, 2.24) is 29.2 Å². The number of carbonyl (C=O) groups excluding carboxylic acids is 2. The lowest BCUT2D eigenvalue weighted by Crippen LogP contribution is -2.38. The van der Waals surface area contributed by atoms with E-state index in [4.69, 9.17) is 15.5 Å². The number of anilines is 2. The van der Waals surface area contributed by atoms with Crippen molar-refractivity contribution >= 4 is 29.1 Å².